The number of nitrogens with zero attached hydrogens (tertiary/aromatic N) is 2. The highest BCUT2D eigenvalue weighted by Crippen LogP contribution is 2.45. The van der Waals surface area contributed by atoms with Crippen molar-refractivity contribution >= 4 is 33.9 Å². The number of hydrogen-bond acceptors (Lipinski definition) is 7. The first kappa shape index (κ1) is 21.6. The number of thiazole rings is 1. The van der Waals surface area contributed by atoms with Gasteiger partial charge in [-0.25, -0.2) is 4.98 Å². The van der Waals surface area contributed by atoms with Crippen molar-refractivity contribution in [2.45, 2.75) is 26.8 Å². The Labute approximate surface area is 189 Å². The van der Waals surface area contributed by atoms with Gasteiger partial charge in [-0.1, -0.05) is 36.4 Å². The Morgan fingerprint density at radius 3 is 2.50 bits per heavy atom. The molecular formula is C24H22N2O5S. The average Bonchev–Trinajstić information content (AvgIpc) is 3.25. The van der Waals surface area contributed by atoms with Crippen LogP contribution < -0.4 is 9.64 Å². The molecule has 2 N–H and O–H groups in total. The zero-order chi connectivity index (χ0) is 23.0. The predicted molar refractivity (Wildman–Crippen MR) is 122 cm³/mol. The molecule has 164 valence electrons. The molecule has 0 spiro atoms. The van der Waals surface area contributed by atoms with Gasteiger partial charge in [-0.05, 0) is 38.5 Å². The van der Waals surface area contributed by atoms with Gasteiger partial charge in [0.05, 0.1) is 23.9 Å². The number of ketones is 1. The third-order valence-corrected chi connectivity index (χ3v) is 6.39. The van der Waals surface area contributed by atoms with Crippen molar-refractivity contribution in [2.24, 2.45) is 0 Å². The summed E-state index contributed by atoms with van der Waals surface area (Å²) in [6, 6.07) is 12.3. The van der Waals surface area contributed by atoms with Gasteiger partial charge in [-0.15, -0.1) is 11.3 Å². The molecule has 1 saturated heterocycles. The van der Waals surface area contributed by atoms with E-state index in [9.17, 15) is 19.8 Å². The number of aryl methyl sites for hydroxylation is 2. The highest BCUT2D eigenvalue weighted by molar-refractivity contribution is 7.16. The van der Waals surface area contributed by atoms with E-state index in [1.807, 2.05) is 13.8 Å². The maximum absolute atomic E-state index is 13.2. The molecule has 7 nitrogen and oxygen atoms in total. The number of aromatic hydroxyl groups is 1. The van der Waals surface area contributed by atoms with Crippen LogP contribution in [0.5, 0.6) is 11.5 Å². The maximum atomic E-state index is 13.2. The molecule has 1 aliphatic rings. The van der Waals surface area contributed by atoms with Crippen LogP contribution in [-0.4, -0.2) is 33.5 Å². The van der Waals surface area contributed by atoms with E-state index in [1.165, 1.54) is 22.3 Å². The summed E-state index contributed by atoms with van der Waals surface area (Å²) in [6.45, 7) is 5.83. The van der Waals surface area contributed by atoms with E-state index in [0.717, 1.165) is 10.6 Å². The number of carbonyl (C=O) groups is 2. The van der Waals surface area contributed by atoms with Crippen LogP contribution in [-0.2, 0) is 9.59 Å². The van der Waals surface area contributed by atoms with E-state index in [0.29, 0.717) is 22.9 Å². The van der Waals surface area contributed by atoms with Crippen LogP contribution in [0.25, 0.3) is 5.76 Å². The molecule has 1 aliphatic heterocycles. The van der Waals surface area contributed by atoms with Crippen molar-refractivity contribution in [1.82, 2.24) is 4.98 Å². The molecule has 2 heterocycles. The lowest BCUT2D eigenvalue weighted by atomic mass is 9.95. The van der Waals surface area contributed by atoms with Crippen LogP contribution in [0.3, 0.4) is 0 Å². The van der Waals surface area contributed by atoms with Crippen molar-refractivity contribution in [1.29, 1.82) is 0 Å². The number of hydrogen-bond donors (Lipinski definition) is 2. The summed E-state index contributed by atoms with van der Waals surface area (Å²) in [5, 5.41) is 21.6. The number of phenolic OH excluding ortho intramolecular Hbond substituents is 1. The number of Topliss-reactive ketones (excluding diaryl/α,β-unsaturated/α-hetero) is 1. The van der Waals surface area contributed by atoms with Gasteiger partial charge in [0.1, 0.15) is 5.76 Å². The van der Waals surface area contributed by atoms with Gasteiger partial charge < -0.3 is 14.9 Å². The highest BCUT2D eigenvalue weighted by atomic mass is 32.1. The lowest BCUT2D eigenvalue weighted by molar-refractivity contribution is -0.132. The molecular weight excluding hydrogens is 428 g/mol. The Bertz CT molecular complexity index is 1210. The molecule has 1 fully saturated rings. The average molecular weight is 451 g/mol. The van der Waals surface area contributed by atoms with Crippen molar-refractivity contribution in [3.8, 4) is 11.5 Å². The van der Waals surface area contributed by atoms with Gasteiger partial charge in [0, 0.05) is 10.4 Å². The van der Waals surface area contributed by atoms with E-state index >= 15 is 0 Å². The molecule has 0 saturated carbocycles. The minimum absolute atomic E-state index is 0.0418. The summed E-state index contributed by atoms with van der Waals surface area (Å²) in [5.74, 6) is -1.68. The minimum atomic E-state index is -0.931. The van der Waals surface area contributed by atoms with Crippen LogP contribution in [0, 0.1) is 13.8 Å². The second-order valence-corrected chi connectivity index (χ2v) is 8.51. The molecule has 0 unspecified atom stereocenters. The monoisotopic (exact) mass is 450 g/mol. The predicted octanol–water partition coefficient (Wildman–Crippen LogP) is 4.49. The van der Waals surface area contributed by atoms with Crippen LogP contribution in [0.15, 0.2) is 54.1 Å². The van der Waals surface area contributed by atoms with Gasteiger partial charge >= 0.3 is 5.91 Å². The van der Waals surface area contributed by atoms with Crippen molar-refractivity contribution in [3.05, 3.63) is 75.8 Å². The van der Waals surface area contributed by atoms with Crippen LogP contribution >= 0.6 is 11.3 Å². The fourth-order valence-corrected chi connectivity index (χ4v) is 4.56. The summed E-state index contributed by atoms with van der Waals surface area (Å²) in [4.78, 5) is 33.0. The molecule has 2 aromatic carbocycles. The number of anilines is 1. The number of aliphatic hydroxyl groups is 1. The van der Waals surface area contributed by atoms with Crippen LogP contribution in [0.1, 0.15) is 34.7 Å². The van der Waals surface area contributed by atoms with Crippen molar-refractivity contribution in [3.63, 3.8) is 0 Å². The second kappa shape index (κ2) is 8.47. The summed E-state index contributed by atoms with van der Waals surface area (Å²) < 4.78 is 5.51. The normalized spacial score (nSPS) is 17.7. The summed E-state index contributed by atoms with van der Waals surface area (Å²) in [7, 11) is 0. The smallest absolute Gasteiger partial charge is 0.301 e. The van der Waals surface area contributed by atoms with Crippen molar-refractivity contribution in [2.75, 3.05) is 11.5 Å². The molecule has 1 aromatic heterocycles. The Hall–Kier alpha value is -3.65. The van der Waals surface area contributed by atoms with E-state index in [2.05, 4.69) is 4.98 Å². The van der Waals surface area contributed by atoms with Gasteiger partial charge in [-0.2, -0.15) is 0 Å². The van der Waals surface area contributed by atoms with E-state index in [1.54, 1.807) is 49.4 Å². The second-order valence-electron chi connectivity index (χ2n) is 7.33. The van der Waals surface area contributed by atoms with Gasteiger partial charge in [0.25, 0.3) is 5.78 Å². The Morgan fingerprint density at radius 2 is 1.88 bits per heavy atom. The van der Waals surface area contributed by atoms with Gasteiger partial charge in [-0.3, -0.25) is 14.5 Å². The largest absolute Gasteiger partial charge is 0.507 e. The maximum Gasteiger partial charge on any atom is 0.301 e. The number of aliphatic hydroxyl groups excluding tert-OH is 1. The molecule has 0 aliphatic carbocycles. The molecule has 32 heavy (non-hydrogen) atoms. The molecule has 1 amide bonds. The molecule has 1 atom stereocenters. The summed E-state index contributed by atoms with van der Waals surface area (Å²) in [6.07, 6.45) is 0. The Kier molecular flexibility index (Phi) is 5.71. The first-order valence-electron chi connectivity index (χ1n) is 10.1. The first-order valence-corrected chi connectivity index (χ1v) is 10.9. The van der Waals surface area contributed by atoms with Crippen LogP contribution in [0.4, 0.5) is 5.13 Å². The zero-order valence-corrected chi connectivity index (χ0v) is 18.6. The third-order valence-electron chi connectivity index (χ3n) is 5.31. The van der Waals surface area contributed by atoms with Gasteiger partial charge in [0.2, 0.25) is 0 Å². The van der Waals surface area contributed by atoms with Gasteiger partial charge in [0.15, 0.2) is 16.6 Å². The number of benzene rings is 2. The number of aromatic nitrogens is 1. The van der Waals surface area contributed by atoms with E-state index < -0.39 is 17.7 Å². The lowest BCUT2D eigenvalue weighted by Crippen LogP contribution is -2.29. The summed E-state index contributed by atoms with van der Waals surface area (Å²) >= 11 is 1.30. The Morgan fingerprint density at radius 1 is 1.16 bits per heavy atom. The fourth-order valence-electron chi connectivity index (χ4n) is 3.63. The number of carbonyl (C=O) groups excluding carboxylic acids is 2. The minimum Gasteiger partial charge on any atom is -0.507 e. The third kappa shape index (κ3) is 3.62. The zero-order valence-electron chi connectivity index (χ0n) is 17.8. The fraction of sp³-hybridized carbons (Fsp3) is 0.208. The first-order chi connectivity index (χ1) is 15.3. The van der Waals surface area contributed by atoms with E-state index in [4.69, 9.17) is 4.74 Å². The molecule has 8 heteroatoms. The molecule has 0 bridgehead atoms. The molecule has 4 rings (SSSR count). The standard InChI is InChI=1S/C24H22N2O5S/c1-4-31-18-12-16(10-11-17(18)27)20-19(21(28)15-8-6-5-7-9-15)22(29)23(30)26(20)24-25-13(2)14(3)32-24/h5-12,20,27-28H,4H2,1-3H3/t20-/m1/s1. The van der Waals surface area contributed by atoms with E-state index in [-0.39, 0.29) is 22.8 Å². The highest BCUT2D eigenvalue weighted by Gasteiger charge is 2.48. The lowest BCUT2D eigenvalue weighted by Gasteiger charge is -2.23. The number of amides is 1. The van der Waals surface area contributed by atoms with Crippen molar-refractivity contribution < 1.29 is 24.5 Å². The number of phenols is 1. The quantitative estimate of drug-likeness (QED) is 0.338. The molecule has 0 radical (unpaired) electrons. The summed E-state index contributed by atoms with van der Waals surface area (Å²) in [5.41, 5.74) is 1.65. The Balaban J connectivity index is 1.96. The number of rotatable bonds is 5. The topological polar surface area (TPSA) is 100.0 Å². The SMILES string of the molecule is CCOc1cc([C@@H]2C(=C(O)c3ccccc3)C(=O)C(=O)N2c2nc(C)c(C)s2)ccc1O. The molecule has 3 aromatic rings. The van der Waals surface area contributed by atoms with Crippen LogP contribution in [0.2, 0.25) is 0 Å². The number of ether oxygens (including phenoxy) is 1.